The van der Waals surface area contributed by atoms with Crippen LogP contribution in [0.25, 0.3) is 0 Å². The van der Waals surface area contributed by atoms with E-state index in [0.29, 0.717) is 5.13 Å². The van der Waals surface area contributed by atoms with Crippen LogP contribution in [0, 0.1) is 6.92 Å². The molecular weight excluding hydrogens is 270 g/mol. The average molecular weight is 287 g/mol. The van der Waals surface area contributed by atoms with Gasteiger partial charge in [0.2, 0.25) is 0 Å². The fraction of sp³-hybridized carbons (Fsp3) is 0.333. The Balaban J connectivity index is 1.71. The van der Waals surface area contributed by atoms with E-state index in [0.717, 1.165) is 36.1 Å². The average Bonchev–Trinajstić information content (AvgIpc) is 2.78. The summed E-state index contributed by atoms with van der Waals surface area (Å²) in [7, 11) is 0. The monoisotopic (exact) mass is 287 g/mol. The summed E-state index contributed by atoms with van der Waals surface area (Å²) < 4.78 is 0. The fourth-order valence-corrected chi connectivity index (χ4v) is 3.57. The van der Waals surface area contributed by atoms with Gasteiger partial charge in [0.05, 0.1) is 5.69 Å². The van der Waals surface area contributed by atoms with Crippen molar-refractivity contribution >= 4 is 22.4 Å². The van der Waals surface area contributed by atoms with Crippen molar-refractivity contribution in [2.45, 2.75) is 32.2 Å². The van der Waals surface area contributed by atoms with E-state index < -0.39 is 0 Å². The number of nitrogens with two attached hydrogens (primary N) is 1. The van der Waals surface area contributed by atoms with Crippen LogP contribution >= 0.6 is 11.3 Å². The third-order valence-corrected chi connectivity index (χ3v) is 4.63. The molecule has 0 radical (unpaired) electrons. The van der Waals surface area contributed by atoms with Gasteiger partial charge in [0.1, 0.15) is 0 Å². The van der Waals surface area contributed by atoms with E-state index in [4.69, 9.17) is 5.73 Å². The number of aromatic nitrogens is 1. The summed E-state index contributed by atoms with van der Waals surface area (Å²) >= 11 is 1.54. The fourth-order valence-electron chi connectivity index (χ4n) is 2.61. The molecular formula is C15H17N3OS. The molecule has 20 heavy (non-hydrogen) atoms. The number of thiazole rings is 1. The van der Waals surface area contributed by atoms with Crippen LogP contribution in [0.15, 0.2) is 24.3 Å². The molecule has 1 atom stereocenters. The highest BCUT2D eigenvalue weighted by Crippen LogP contribution is 2.28. The minimum absolute atomic E-state index is 0.00837. The van der Waals surface area contributed by atoms with Crippen LogP contribution < -0.4 is 11.1 Å². The molecule has 3 N–H and O–H groups in total. The van der Waals surface area contributed by atoms with Gasteiger partial charge >= 0.3 is 0 Å². The highest BCUT2D eigenvalue weighted by Gasteiger charge is 2.23. The normalized spacial score (nSPS) is 17.6. The smallest absolute Gasteiger partial charge is 0.251 e. The molecule has 0 bridgehead atoms. The Kier molecular flexibility index (Phi) is 3.44. The number of carbonyl (C=O) groups excluding carboxylic acids is 1. The first-order valence-electron chi connectivity index (χ1n) is 6.74. The maximum Gasteiger partial charge on any atom is 0.251 e. The van der Waals surface area contributed by atoms with Crippen LogP contribution in [0.5, 0.6) is 0 Å². The third kappa shape index (κ3) is 2.54. The van der Waals surface area contributed by atoms with Crippen LogP contribution in [0.4, 0.5) is 5.13 Å². The summed E-state index contributed by atoms with van der Waals surface area (Å²) in [6, 6.07) is 7.83. The number of nitrogens with one attached hydrogen (secondary N) is 1. The Morgan fingerprint density at radius 1 is 1.45 bits per heavy atom. The Bertz CT molecular complexity index is 650. The number of rotatable bonds is 2. The summed E-state index contributed by atoms with van der Waals surface area (Å²) in [5.74, 6) is 0.00837. The predicted molar refractivity (Wildman–Crippen MR) is 81.0 cm³/mol. The molecule has 104 valence electrons. The second-order valence-electron chi connectivity index (χ2n) is 5.15. The molecule has 1 aliphatic carbocycles. The molecule has 0 saturated heterocycles. The topological polar surface area (TPSA) is 68.0 Å². The van der Waals surface area contributed by atoms with Crippen molar-refractivity contribution in [2.75, 3.05) is 5.73 Å². The van der Waals surface area contributed by atoms with E-state index in [1.54, 1.807) is 0 Å². The van der Waals surface area contributed by atoms with E-state index in [1.165, 1.54) is 16.2 Å². The predicted octanol–water partition coefficient (Wildman–Crippen LogP) is 2.32. The summed E-state index contributed by atoms with van der Waals surface area (Å²) in [5, 5.41) is 3.75. The lowest BCUT2D eigenvalue weighted by molar-refractivity contribution is 0.0933. The third-order valence-electron chi connectivity index (χ3n) is 3.68. The quantitative estimate of drug-likeness (QED) is 0.890. The van der Waals surface area contributed by atoms with Crippen LogP contribution in [0.2, 0.25) is 0 Å². The lowest BCUT2D eigenvalue weighted by atomic mass is 9.97. The SMILES string of the molecule is Cc1ccccc1C(=O)NC1CCc2nc(N)sc2C1. The van der Waals surface area contributed by atoms with Gasteiger partial charge in [-0.15, -0.1) is 11.3 Å². The zero-order valence-electron chi connectivity index (χ0n) is 11.3. The largest absolute Gasteiger partial charge is 0.375 e. The number of hydrogen-bond acceptors (Lipinski definition) is 4. The summed E-state index contributed by atoms with van der Waals surface area (Å²) in [6.45, 7) is 1.96. The molecule has 1 heterocycles. The molecule has 0 aliphatic heterocycles. The number of aryl methyl sites for hydroxylation is 2. The molecule has 0 fully saturated rings. The number of nitrogens with zero attached hydrogens (tertiary/aromatic N) is 1. The van der Waals surface area contributed by atoms with Crippen LogP contribution in [0.3, 0.4) is 0 Å². The molecule has 1 unspecified atom stereocenters. The minimum Gasteiger partial charge on any atom is -0.375 e. The molecule has 3 rings (SSSR count). The number of amides is 1. The second kappa shape index (κ2) is 5.25. The summed E-state index contributed by atoms with van der Waals surface area (Å²) in [4.78, 5) is 17.8. The van der Waals surface area contributed by atoms with E-state index >= 15 is 0 Å². The van der Waals surface area contributed by atoms with Gasteiger partial charge in [0.25, 0.3) is 5.91 Å². The molecule has 0 saturated carbocycles. The van der Waals surface area contributed by atoms with E-state index in [9.17, 15) is 4.79 Å². The highest BCUT2D eigenvalue weighted by atomic mass is 32.1. The lowest BCUT2D eigenvalue weighted by Crippen LogP contribution is -2.38. The molecule has 1 aliphatic rings. The lowest BCUT2D eigenvalue weighted by Gasteiger charge is -2.22. The van der Waals surface area contributed by atoms with Gasteiger partial charge < -0.3 is 11.1 Å². The van der Waals surface area contributed by atoms with Gasteiger partial charge in [0, 0.05) is 22.9 Å². The van der Waals surface area contributed by atoms with Crippen molar-refractivity contribution in [1.29, 1.82) is 0 Å². The molecule has 1 amide bonds. The van der Waals surface area contributed by atoms with Crippen LogP contribution in [-0.4, -0.2) is 16.9 Å². The number of fused-ring (bicyclic) bond motifs is 1. The van der Waals surface area contributed by atoms with Crippen molar-refractivity contribution < 1.29 is 4.79 Å². The van der Waals surface area contributed by atoms with Crippen molar-refractivity contribution in [3.8, 4) is 0 Å². The van der Waals surface area contributed by atoms with Crippen molar-refractivity contribution in [3.05, 3.63) is 46.0 Å². The number of anilines is 1. The second-order valence-corrected chi connectivity index (χ2v) is 6.27. The Labute approximate surface area is 122 Å². The first kappa shape index (κ1) is 13.1. The van der Waals surface area contributed by atoms with Crippen molar-refractivity contribution in [3.63, 3.8) is 0 Å². The van der Waals surface area contributed by atoms with Gasteiger partial charge in [-0.05, 0) is 31.4 Å². The van der Waals surface area contributed by atoms with Gasteiger partial charge in [-0.1, -0.05) is 18.2 Å². The van der Waals surface area contributed by atoms with Gasteiger partial charge in [-0.2, -0.15) is 0 Å². The number of hydrogen-bond donors (Lipinski definition) is 2. The highest BCUT2D eigenvalue weighted by molar-refractivity contribution is 7.15. The maximum absolute atomic E-state index is 12.3. The van der Waals surface area contributed by atoms with E-state index in [-0.39, 0.29) is 11.9 Å². The summed E-state index contributed by atoms with van der Waals surface area (Å²) in [5.41, 5.74) is 8.60. The Hall–Kier alpha value is -1.88. The van der Waals surface area contributed by atoms with Gasteiger partial charge in [-0.3, -0.25) is 4.79 Å². The molecule has 1 aromatic carbocycles. The molecule has 0 spiro atoms. The first-order valence-corrected chi connectivity index (χ1v) is 7.55. The first-order chi connectivity index (χ1) is 9.63. The number of carbonyl (C=O) groups is 1. The number of nitrogen functional groups attached to an aromatic ring is 1. The molecule has 2 aromatic rings. The molecule has 5 heteroatoms. The zero-order valence-corrected chi connectivity index (χ0v) is 12.2. The Morgan fingerprint density at radius 2 is 2.25 bits per heavy atom. The summed E-state index contributed by atoms with van der Waals surface area (Å²) in [6.07, 6.45) is 2.65. The van der Waals surface area contributed by atoms with Crippen LogP contribution in [-0.2, 0) is 12.8 Å². The maximum atomic E-state index is 12.3. The van der Waals surface area contributed by atoms with Crippen LogP contribution in [0.1, 0.15) is 32.9 Å². The van der Waals surface area contributed by atoms with Crippen molar-refractivity contribution in [1.82, 2.24) is 10.3 Å². The van der Waals surface area contributed by atoms with Crippen molar-refractivity contribution in [2.24, 2.45) is 0 Å². The van der Waals surface area contributed by atoms with E-state index in [1.807, 2.05) is 31.2 Å². The zero-order chi connectivity index (χ0) is 14.1. The number of benzene rings is 1. The van der Waals surface area contributed by atoms with E-state index in [2.05, 4.69) is 10.3 Å². The van der Waals surface area contributed by atoms with Gasteiger partial charge in [-0.25, -0.2) is 4.98 Å². The Morgan fingerprint density at radius 3 is 3.05 bits per heavy atom. The molecule has 1 aromatic heterocycles. The molecule has 4 nitrogen and oxygen atoms in total. The van der Waals surface area contributed by atoms with Gasteiger partial charge in [0.15, 0.2) is 5.13 Å². The minimum atomic E-state index is 0.00837. The standard InChI is InChI=1S/C15H17N3OS/c1-9-4-2-3-5-11(9)14(19)17-10-6-7-12-13(8-10)20-15(16)18-12/h2-5,10H,6-8H2,1H3,(H2,16,18)(H,17,19).